The number of aromatic nitrogens is 3. The number of carbonyl (C=O) groups excluding carboxylic acids is 1. The molecule has 2 aromatic rings. The van der Waals surface area contributed by atoms with Crippen molar-refractivity contribution in [3.63, 3.8) is 0 Å². The van der Waals surface area contributed by atoms with Crippen molar-refractivity contribution in [2.24, 2.45) is 0 Å². The molecule has 0 unspecified atom stereocenters. The van der Waals surface area contributed by atoms with Gasteiger partial charge in [-0.1, -0.05) is 17.7 Å². The fourth-order valence-electron chi connectivity index (χ4n) is 3.01. The minimum absolute atomic E-state index is 0.0631. The number of rotatable bonds is 5. The molecule has 0 bridgehead atoms. The van der Waals surface area contributed by atoms with Crippen LogP contribution in [-0.4, -0.2) is 45.2 Å². The van der Waals surface area contributed by atoms with Crippen molar-refractivity contribution in [2.75, 3.05) is 19.6 Å². The van der Waals surface area contributed by atoms with Gasteiger partial charge in [-0.15, -0.1) is 10.2 Å². The van der Waals surface area contributed by atoms with Crippen LogP contribution in [0.4, 0.5) is 8.78 Å². The van der Waals surface area contributed by atoms with Gasteiger partial charge in [0.2, 0.25) is 0 Å². The smallest absolute Gasteiger partial charge is 0.257 e. The number of hydrogen-bond donors (Lipinski definition) is 1. The summed E-state index contributed by atoms with van der Waals surface area (Å²) in [7, 11) is 0. The first-order valence-corrected chi connectivity index (χ1v) is 8.94. The normalized spacial score (nSPS) is 14.4. The Morgan fingerprint density at radius 2 is 1.93 bits per heavy atom. The van der Waals surface area contributed by atoms with Gasteiger partial charge >= 0.3 is 0 Å². The van der Waals surface area contributed by atoms with Crippen LogP contribution in [0.3, 0.4) is 0 Å². The average Bonchev–Trinajstić information content (AvgIpc) is 2.89. The first-order chi connectivity index (χ1) is 13.0. The Morgan fingerprint density at radius 3 is 2.63 bits per heavy atom. The molecule has 1 amide bonds. The number of hydrogen-bond acceptors (Lipinski definition) is 4. The SMILES string of the molecule is CC(C)=CCN1CCc2nnc(CNC(=O)c3c(F)cccc3F)n2CC1. The maximum atomic E-state index is 13.7. The number of fused-ring (bicyclic) bond motifs is 1. The second-order valence-corrected chi connectivity index (χ2v) is 6.80. The summed E-state index contributed by atoms with van der Waals surface area (Å²) in [5, 5.41) is 10.9. The van der Waals surface area contributed by atoms with Crippen LogP contribution in [0.25, 0.3) is 0 Å². The second kappa shape index (κ2) is 8.39. The van der Waals surface area contributed by atoms with Gasteiger partial charge in [0.05, 0.1) is 6.54 Å². The van der Waals surface area contributed by atoms with Crippen LogP contribution < -0.4 is 5.32 Å². The molecule has 0 saturated heterocycles. The van der Waals surface area contributed by atoms with E-state index < -0.39 is 23.1 Å². The predicted octanol–water partition coefficient (Wildman–Crippen LogP) is 2.31. The zero-order valence-corrected chi connectivity index (χ0v) is 15.5. The van der Waals surface area contributed by atoms with Crippen molar-refractivity contribution >= 4 is 5.91 Å². The van der Waals surface area contributed by atoms with Gasteiger partial charge in [-0.25, -0.2) is 8.78 Å². The molecule has 0 radical (unpaired) electrons. The quantitative estimate of drug-likeness (QED) is 0.815. The second-order valence-electron chi connectivity index (χ2n) is 6.80. The summed E-state index contributed by atoms with van der Waals surface area (Å²) in [6.45, 7) is 7.54. The van der Waals surface area contributed by atoms with Crippen LogP contribution in [0.15, 0.2) is 29.8 Å². The van der Waals surface area contributed by atoms with Gasteiger partial charge in [-0.2, -0.15) is 0 Å². The maximum absolute atomic E-state index is 13.7. The van der Waals surface area contributed by atoms with E-state index >= 15 is 0 Å². The minimum Gasteiger partial charge on any atom is -0.345 e. The first kappa shape index (κ1) is 19.2. The number of halogens is 2. The number of carbonyl (C=O) groups is 1. The van der Waals surface area contributed by atoms with Crippen LogP contribution in [0.1, 0.15) is 35.9 Å². The third-order valence-electron chi connectivity index (χ3n) is 4.55. The van der Waals surface area contributed by atoms with Gasteiger partial charge in [-0.05, 0) is 26.0 Å². The van der Waals surface area contributed by atoms with Crippen molar-refractivity contribution in [1.29, 1.82) is 0 Å². The zero-order valence-electron chi connectivity index (χ0n) is 15.5. The van der Waals surface area contributed by atoms with Crippen LogP contribution >= 0.6 is 0 Å². The molecule has 1 aliphatic rings. The molecule has 0 spiro atoms. The number of benzene rings is 1. The molecule has 27 heavy (non-hydrogen) atoms. The molecule has 1 aliphatic heterocycles. The molecule has 6 nitrogen and oxygen atoms in total. The third kappa shape index (κ3) is 4.57. The van der Waals surface area contributed by atoms with Gasteiger partial charge in [0.15, 0.2) is 5.82 Å². The molecule has 3 rings (SSSR count). The van der Waals surface area contributed by atoms with Crippen LogP contribution in [0.5, 0.6) is 0 Å². The number of nitrogens with one attached hydrogen (secondary N) is 1. The highest BCUT2D eigenvalue weighted by molar-refractivity contribution is 5.94. The summed E-state index contributed by atoms with van der Waals surface area (Å²) in [4.78, 5) is 14.5. The molecule has 1 N–H and O–H groups in total. The van der Waals surface area contributed by atoms with Crippen molar-refractivity contribution in [3.05, 3.63) is 58.7 Å². The minimum atomic E-state index is -0.887. The predicted molar refractivity (Wildman–Crippen MR) is 97.1 cm³/mol. The first-order valence-electron chi connectivity index (χ1n) is 8.94. The summed E-state index contributed by atoms with van der Waals surface area (Å²) in [5.74, 6) is -1.14. The number of nitrogens with zero attached hydrogens (tertiary/aromatic N) is 4. The molecule has 0 atom stereocenters. The monoisotopic (exact) mass is 375 g/mol. The Balaban J connectivity index is 1.65. The summed E-state index contributed by atoms with van der Waals surface area (Å²) in [5.41, 5.74) is 0.698. The molecular weight excluding hydrogens is 352 g/mol. The summed E-state index contributed by atoms with van der Waals surface area (Å²) in [6.07, 6.45) is 2.95. The Labute approximate surface area is 156 Å². The molecule has 0 saturated carbocycles. The van der Waals surface area contributed by atoms with Crippen LogP contribution in [0, 0.1) is 11.6 Å². The van der Waals surface area contributed by atoms with E-state index in [1.807, 2.05) is 4.57 Å². The van der Waals surface area contributed by atoms with E-state index in [9.17, 15) is 13.6 Å². The van der Waals surface area contributed by atoms with Crippen LogP contribution in [0.2, 0.25) is 0 Å². The molecule has 0 aliphatic carbocycles. The Hall–Kier alpha value is -2.61. The summed E-state index contributed by atoms with van der Waals surface area (Å²) >= 11 is 0. The van der Waals surface area contributed by atoms with Crippen molar-refractivity contribution in [2.45, 2.75) is 33.4 Å². The highest BCUT2D eigenvalue weighted by Gasteiger charge is 2.20. The molecule has 1 aromatic carbocycles. The highest BCUT2D eigenvalue weighted by Crippen LogP contribution is 2.13. The zero-order chi connectivity index (χ0) is 19.4. The number of allylic oxidation sites excluding steroid dienone is 1. The Bertz CT molecular complexity index is 838. The van der Waals surface area contributed by atoms with Gasteiger partial charge in [0.1, 0.15) is 23.0 Å². The molecular formula is C19H23F2N5O. The molecule has 144 valence electrons. The van der Waals surface area contributed by atoms with E-state index in [2.05, 4.69) is 40.3 Å². The summed E-state index contributed by atoms with van der Waals surface area (Å²) in [6, 6.07) is 3.34. The molecule has 1 aromatic heterocycles. The van der Waals surface area contributed by atoms with Gasteiger partial charge < -0.3 is 9.88 Å². The highest BCUT2D eigenvalue weighted by atomic mass is 19.1. The van der Waals surface area contributed by atoms with Gasteiger partial charge in [0, 0.05) is 32.6 Å². The Morgan fingerprint density at radius 1 is 1.19 bits per heavy atom. The van der Waals surface area contributed by atoms with E-state index in [1.165, 1.54) is 11.6 Å². The van der Waals surface area contributed by atoms with Crippen molar-refractivity contribution < 1.29 is 13.6 Å². The standard InChI is InChI=1S/C19H23F2N5O/c1-13(2)6-8-25-9-7-16-23-24-17(26(16)11-10-25)12-22-19(27)18-14(20)4-3-5-15(18)21/h3-6H,7-12H2,1-2H3,(H,22,27). The van der Waals surface area contributed by atoms with Crippen LogP contribution in [-0.2, 0) is 19.5 Å². The fraction of sp³-hybridized carbons (Fsp3) is 0.421. The lowest BCUT2D eigenvalue weighted by Gasteiger charge is -2.17. The average molecular weight is 375 g/mol. The van der Waals surface area contributed by atoms with E-state index in [4.69, 9.17) is 0 Å². The van der Waals surface area contributed by atoms with Crippen molar-refractivity contribution in [3.8, 4) is 0 Å². The van der Waals surface area contributed by atoms with Crippen molar-refractivity contribution in [1.82, 2.24) is 25.0 Å². The molecule has 0 fully saturated rings. The van der Waals surface area contributed by atoms with E-state index in [1.54, 1.807) is 0 Å². The third-order valence-corrected chi connectivity index (χ3v) is 4.55. The number of amides is 1. The van der Waals surface area contributed by atoms with E-state index in [0.29, 0.717) is 12.4 Å². The lowest BCUT2D eigenvalue weighted by Crippen LogP contribution is -2.29. The Kier molecular flexibility index (Phi) is 5.95. The van der Waals surface area contributed by atoms with E-state index in [-0.39, 0.29) is 6.54 Å². The summed E-state index contributed by atoms with van der Waals surface area (Å²) < 4.78 is 29.4. The van der Waals surface area contributed by atoms with Gasteiger partial charge in [-0.3, -0.25) is 9.69 Å². The maximum Gasteiger partial charge on any atom is 0.257 e. The fourth-order valence-corrected chi connectivity index (χ4v) is 3.01. The van der Waals surface area contributed by atoms with E-state index in [0.717, 1.165) is 44.0 Å². The lowest BCUT2D eigenvalue weighted by molar-refractivity contribution is 0.0941. The van der Waals surface area contributed by atoms with Gasteiger partial charge in [0.25, 0.3) is 5.91 Å². The molecule has 2 heterocycles. The lowest BCUT2D eigenvalue weighted by atomic mass is 10.2. The molecule has 8 heteroatoms. The largest absolute Gasteiger partial charge is 0.345 e. The topological polar surface area (TPSA) is 63.1 Å².